The van der Waals surface area contributed by atoms with Crippen molar-refractivity contribution in [3.8, 4) is 0 Å². The minimum absolute atomic E-state index is 0.119. The van der Waals surface area contributed by atoms with E-state index in [1.165, 1.54) is 0 Å². The summed E-state index contributed by atoms with van der Waals surface area (Å²) in [6.07, 6.45) is 3.84. The first kappa shape index (κ1) is 24.6. The number of hydrogen-bond acceptors (Lipinski definition) is 8. The minimum Gasteiger partial charge on any atom is -0.392 e. The van der Waals surface area contributed by atoms with Gasteiger partial charge in [0.25, 0.3) is 0 Å². The van der Waals surface area contributed by atoms with Crippen molar-refractivity contribution in [2.45, 2.75) is 70.7 Å². The molecule has 0 saturated heterocycles. The molecule has 1 aliphatic heterocycles. The van der Waals surface area contributed by atoms with Crippen LogP contribution in [0.5, 0.6) is 0 Å². The lowest BCUT2D eigenvalue weighted by Gasteiger charge is -2.38. The Balaban J connectivity index is 1.80. The van der Waals surface area contributed by atoms with Crippen LogP contribution >= 0.6 is 0 Å². The molecule has 184 valence electrons. The first-order chi connectivity index (χ1) is 16.1. The van der Waals surface area contributed by atoms with E-state index < -0.39 is 15.9 Å². The molecule has 34 heavy (non-hydrogen) atoms. The third-order valence-electron chi connectivity index (χ3n) is 6.51. The van der Waals surface area contributed by atoms with E-state index in [1.54, 1.807) is 18.3 Å². The molecule has 2 N–H and O–H groups in total. The number of aryl methyl sites for hydroxylation is 1. The van der Waals surface area contributed by atoms with Crippen LogP contribution in [0.25, 0.3) is 11.0 Å². The van der Waals surface area contributed by atoms with Gasteiger partial charge in [0.1, 0.15) is 5.82 Å². The van der Waals surface area contributed by atoms with Gasteiger partial charge in [0.05, 0.1) is 34.7 Å². The molecule has 0 unspecified atom stereocenters. The molecule has 2 aromatic heterocycles. The Labute approximate surface area is 200 Å². The number of rotatable bonds is 7. The van der Waals surface area contributed by atoms with Gasteiger partial charge in [-0.25, -0.2) is 23.4 Å². The van der Waals surface area contributed by atoms with Crippen molar-refractivity contribution >= 4 is 26.8 Å². The van der Waals surface area contributed by atoms with E-state index in [1.807, 2.05) is 13.8 Å². The summed E-state index contributed by atoms with van der Waals surface area (Å²) in [5.41, 5.74) is 3.27. The van der Waals surface area contributed by atoms with Crippen LogP contribution in [0.2, 0.25) is 0 Å². The molecule has 1 aromatic carbocycles. The van der Waals surface area contributed by atoms with E-state index in [0.29, 0.717) is 36.5 Å². The Morgan fingerprint density at radius 1 is 1.21 bits per heavy atom. The summed E-state index contributed by atoms with van der Waals surface area (Å²) in [7, 11) is -3.50. The number of anilines is 1. The highest BCUT2D eigenvalue weighted by atomic mass is 32.2. The fourth-order valence-corrected chi connectivity index (χ4v) is 5.80. The number of benzene rings is 1. The molecule has 0 spiro atoms. The van der Waals surface area contributed by atoms with E-state index in [9.17, 15) is 18.6 Å². The number of nitrogens with zero attached hydrogens (tertiary/aromatic N) is 5. The number of sulfone groups is 1. The maximum atomic E-state index is 12.3. The quantitative estimate of drug-likeness (QED) is 0.521. The molecule has 10 heteroatoms. The molecular weight excluding hydrogens is 454 g/mol. The summed E-state index contributed by atoms with van der Waals surface area (Å²) in [6, 6.07) is 3.18. The summed E-state index contributed by atoms with van der Waals surface area (Å²) >= 11 is 0. The van der Waals surface area contributed by atoms with Crippen LogP contribution in [0.15, 0.2) is 23.2 Å². The third kappa shape index (κ3) is 4.30. The van der Waals surface area contributed by atoms with Crippen molar-refractivity contribution in [3.63, 3.8) is 0 Å². The molecule has 1 aliphatic rings. The summed E-state index contributed by atoms with van der Waals surface area (Å²) < 4.78 is 26.7. The van der Waals surface area contributed by atoms with Gasteiger partial charge in [0, 0.05) is 36.8 Å². The Kier molecular flexibility index (Phi) is 6.67. The second-order valence-electron chi connectivity index (χ2n) is 9.40. The summed E-state index contributed by atoms with van der Waals surface area (Å²) in [5.74, 6) is 1.59. The average Bonchev–Trinajstić information content (AvgIpc) is 3.14. The maximum absolute atomic E-state index is 12.3. The largest absolute Gasteiger partial charge is 0.392 e. The Bertz CT molecular complexity index is 1320. The van der Waals surface area contributed by atoms with Crippen LogP contribution in [0.1, 0.15) is 68.4 Å². The van der Waals surface area contributed by atoms with Gasteiger partial charge in [0.2, 0.25) is 5.95 Å². The predicted octanol–water partition coefficient (Wildman–Crippen LogP) is 3.08. The zero-order valence-corrected chi connectivity index (χ0v) is 21.2. The molecule has 0 aliphatic carbocycles. The maximum Gasteiger partial charge on any atom is 0.226 e. The van der Waals surface area contributed by atoms with Crippen molar-refractivity contribution in [1.82, 2.24) is 19.5 Å². The van der Waals surface area contributed by atoms with Crippen molar-refractivity contribution in [2.24, 2.45) is 5.92 Å². The van der Waals surface area contributed by atoms with E-state index in [0.717, 1.165) is 35.3 Å². The van der Waals surface area contributed by atoms with Gasteiger partial charge in [0.15, 0.2) is 9.84 Å². The molecule has 4 rings (SSSR count). The Hall–Kier alpha value is -2.56. The first-order valence-electron chi connectivity index (χ1n) is 11.7. The minimum atomic E-state index is -3.50. The predicted molar refractivity (Wildman–Crippen MR) is 130 cm³/mol. The lowest BCUT2D eigenvalue weighted by molar-refractivity contribution is 0.165. The first-order valence-corrected chi connectivity index (χ1v) is 13.6. The summed E-state index contributed by atoms with van der Waals surface area (Å²) in [6.45, 7) is 9.01. The van der Waals surface area contributed by atoms with Crippen LogP contribution in [-0.4, -0.2) is 51.0 Å². The molecule has 0 bridgehead atoms. The van der Waals surface area contributed by atoms with Gasteiger partial charge in [-0.2, -0.15) is 0 Å². The fraction of sp³-hybridized carbons (Fsp3) is 0.542. The smallest absolute Gasteiger partial charge is 0.226 e. The van der Waals surface area contributed by atoms with Crippen LogP contribution < -0.4 is 4.90 Å². The number of aromatic nitrogens is 4. The SMILES string of the molecule is CCC[C@H](O)c1cnc(N2CCn3c(nc4cc(CO)c(S(C)(=O)=O)cc43)[C@H]2C(C)C)nc1C. The molecule has 0 fully saturated rings. The van der Waals surface area contributed by atoms with Crippen LogP contribution in [-0.2, 0) is 23.0 Å². The van der Waals surface area contributed by atoms with Crippen LogP contribution in [0, 0.1) is 12.8 Å². The number of hydrogen-bond donors (Lipinski definition) is 2. The molecule has 3 heterocycles. The number of fused-ring (bicyclic) bond motifs is 3. The van der Waals surface area contributed by atoms with Crippen LogP contribution in [0.4, 0.5) is 5.95 Å². The highest BCUT2D eigenvalue weighted by Gasteiger charge is 2.35. The van der Waals surface area contributed by atoms with Gasteiger partial charge < -0.3 is 19.7 Å². The summed E-state index contributed by atoms with van der Waals surface area (Å²) in [5, 5.41) is 20.2. The zero-order valence-electron chi connectivity index (χ0n) is 20.4. The molecule has 3 aromatic rings. The highest BCUT2D eigenvalue weighted by molar-refractivity contribution is 7.90. The van der Waals surface area contributed by atoms with E-state index >= 15 is 0 Å². The van der Waals surface area contributed by atoms with Gasteiger partial charge in [-0.15, -0.1) is 0 Å². The van der Waals surface area contributed by atoms with Gasteiger partial charge in [-0.05, 0) is 37.0 Å². The molecule has 0 saturated carbocycles. The molecule has 9 nitrogen and oxygen atoms in total. The van der Waals surface area contributed by atoms with E-state index in [-0.39, 0.29) is 23.5 Å². The lowest BCUT2D eigenvalue weighted by atomic mass is 10.00. The normalized spacial score (nSPS) is 17.4. The number of aliphatic hydroxyl groups excluding tert-OH is 2. The third-order valence-corrected chi connectivity index (χ3v) is 7.69. The molecular formula is C24H33N5O4S. The molecule has 2 atom stereocenters. The highest BCUT2D eigenvalue weighted by Crippen LogP contribution is 2.37. The topological polar surface area (TPSA) is 121 Å². The average molecular weight is 488 g/mol. The van der Waals surface area contributed by atoms with Crippen molar-refractivity contribution in [1.29, 1.82) is 0 Å². The summed E-state index contributed by atoms with van der Waals surface area (Å²) in [4.78, 5) is 16.5. The second kappa shape index (κ2) is 9.24. The second-order valence-corrected chi connectivity index (χ2v) is 11.4. The van der Waals surface area contributed by atoms with Gasteiger partial charge >= 0.3 is 0 Å². The van der Waals surface area contributed by atoms with Gasteiger partial charge in [-0.3, -0.25) is 0 Å². The molecule has 0 amide bonds. The number of aliphatic hydroxyl groups is 2. The Morgan fingerprint density at radius 2 is 1.94 bits per heavy atom. The van der Waals surface area contributed by atoms with Crippen molar-refractivity contribution in [3.05, 3.63) is 41.0 Å². The van der Waals surface area contributed by atoms with E-state index in [2.05, 4.69) is 28.3 Å². The fourth-order valence-electron chi connectivity index (χ4n) is 4.87. The van der Waals surface area contributed by atoms with Gasteiger partial charge in [-0.1, -0.05) is 27.2 Å². The monoisotopic (exact) mass is 487 g/mol. The van der Waals surface area contributed by atoms with E-state index in [4.69, 9.17) is 9.97 Å². The lowest BCUT2D eigenvalue weighted by Crippen LogP contribution is -2.42. The molecule has 0 radical (unpaired) electrons. The Morgan fingerprint density at radius 3 is 2.53 bits per heavy atom. The standard InChI is InChI=1S/C24H33N5O4S/c1-6-7-20(31)17-12-25-24(26-15(17)4)29-9-8-28-19-11-21(34(5,32)33)16(13-30)10-18(19)27-23(28)22(29)14(2)3/h10-12,14,20,22,30-31H,6-9,13H2,1-5H3/t20-,22+/m0/s1. The van der Waals surface area contributed by atoms with Crippen LogP contribution in [0.3, 0.4) is 0 Å². The van der Waals surface area contributed by atoms with Crippen molar-refractivity contribution < 1.29 is 18.6 Å². The van der Waals surface area contributed by atoms with Crippen molar-refractivity contribution in [2.75, 3.05) is 17.7 Å². The number of imidazole rings is 1. The zero-order chi connectivity index (χ0) is 24.8.